The Balaban J connectivity index is 0. The quantitative estimate of drug-likeness (QED) is 0.493. The maximum atomic E-state index is 4.50. The van der Waals surface area contributed by atoms with E-state index in [1.54, 1.807) is 6.08 Å². The zero-order chi connectivity index (χ0) is 6.28. The van der Waals surface area contributed by atoms with Gasteiger partial charge in [-0.05, 0) is 14.0 Å². The number of hydrogen-bond acceptors (Lipinski definition) is 1. The van der Waals surface area contributed by atoms with E-state index in [0.29, 0.717) is 0 Å². The second-order valence-electron chi connectivity index (χ2n) is 1.05. The summed E-state index contributed by atoms with van der Waals surface area (Å²) in [7, 11) is 1.50. The third-order valence-electron chi connectivity index (χ3n) is 0.348. The second-order valence-corrected chi connectivity index (χ2v) is 1.05. The molecule has 0 bridgehead atoms. The van der Waals surface area contributed by atoms with Gasteiger partial charge in [0.05, 0.1) is 0 Å². The van der Waals surface area contributed by atoms with E-state index in [-0.39, 0.29) is 0 Å². The van der Waals surface area contributed by atoms with Crippen molar-refractivity contribution in [3.05, 3.63) is 24.8 Å². The predicted molar refractivity (Wildman–Crippen MR) is 35.1 cm³/mol. The third-order valence-corrected chi connectivity index (χ3v) is 0.348. The molecule has 0 aromatic heterocycles. The average molecular weight is 99.2 g/mol. The predicted octanol–water partition coefficient (Wildman–Crippen LogP) is 1.32. The summed E-state index contributed by atoms with van der Waals surface area (Å²) in [5, 5.41) is 0. The molecule has 0 spiro atoms. The van der Waals surface area contributed by atoms with E-state index in [0.717, 1.165) is 5.57 Å². The SMILES string of the molecule is C=CC(=C)C.CN. The van der Waals surface area contributed by atoms with Crippen LogP contribution in [0, 0.1) is 0 Å². The molecule has 0 amide bonds. The number of allylic oxidation sites excluding steroid dienone is 2. The van der Waals surface area contributed by atoms with Crippen LogP contribution in [0.1, 0.15) is 6.92 Å². The molecule has 0 unspecified atom stereocenters. The molecule has 2 N–H and O–H groups in total. The molecule has 0 atom stereocenters. The van der Waals surface area contributed by atoms with E-state index >= 15 is 0 Å². The van der Waals surface area contributed by atoms with Gasteiger partial charge < -0.3 is 5.73 Å². The average Bonchev–Trinajstić information content (AvgIpc) is 1.73. The van der Waals surface area contributed by atoms with Gasteiger partial charge in [-0.2, -0.15) is 0 Å². The maximum Gasteiger partial charge on any atom is -0.0195 e. The molecule has 0 rings (SSSR count). The van der Waals surface area contributed by atoms with Crippen LogP contribution in [-0.2, 0) is 0 Å². The molecule has 0 aliphatic heterocycles. The number of rotatable bonds is 1. The summed E-state index contributed by atoms with van der Waals surface area (Å²) in [5.74, 6) is 0. The van der Waals surface area contributed by atoms with E-state index in [4.69, 9.17) is 0 Å². The maximum absolute atomic E-state index is 4.50. The minimum atomic E-state index is 1.02. The Hall–Kier alpha value is -0.560. The van der Waals surface area contributed by atoms with Crippen LogP contribution < -0.4 is 5.73 Å². The van der Waals surface area contributed by atoms with Gasteiger partial charge >= 0.3 is 0 Å². The summed E-state index contributed by atoms with van der Waals surface area (Å²) < 4.78 is 0. The van der Waals surface area contributed by atoms with Crippen molar-refractivity contribution in [1.29, 1.82) is 0 Å². The van der Waals surface area contributed by atoms with Crippen LogP contribution in [0.4, 0.5) is 0 Å². The first-order valence-corrected chi connectivity index (χ1v) is 2.13. The number of hydrogen-bond donors (Lipinski definition) is 1. The van der Waals surface area contributed by atoms with Crippen LogP contribution in [0.5, 0.6) is 0 Å². The normalized spacial score (nSPS) is 5.57. The largest absolute Gasteiger partial charge is 0.333 e. The standard InChI is InChI=1S/C5H8.CH5N/c1-4-5(2)3;1-2/h4H,1-2H2,3H3;2H2,1H3. The van der Waals surface area contributed by atoms with Crippen molar-refractivity contribution in [3.63, 3.8) is 0 Å². The molecule has 42 valence electrons. The Morgan fingerprint density at radius 3 is 1.71 bits per heavy atom. The van der Waals surface area contributed by atoms with Crippen molar-refractivity contribution in [3.8, 4) is 0 Å². The smallest absolute Gasteiger partial charge is 0.0195 e. The van der Waals surface area contributed by atoms with E-state index in [1.807, 2.05) is 6.92 Å². The highest BCUT2D eigenvalue weighted by atomic mass is 14.4. The van der Waals surface area contributed by atoms with E-state index in [1.165, 1.54) is 7.05 Å². The highest BCUT2D eigenvalue weighted by Gasteiger charge is 1.59. The zero-order valence-corrected chi connectivity index (χ0v) is 5.07. The molecule has 0 heterocycles. The summed E-state index contributed by atoms with van der Waals surface area (Å²) in [6, 6.07) is 0. The molecule has 1 heteroatoms. The lowest BCUT2D eigenvalue weighted by molar-refractivity contribution is 1.48. The van der Waals surface area contributed by atoms with Gasteiger partial charge in [0.25, 0.3) is 0 Å². The van der Waals surface area contributed by atoms with E-state index < -0.39 is 0 Å². The topological polar surface area (TPSA) is 26.0 Å². The highest BCUT2D eigenvalue weighted by Crippen LogP contribution is 1.81. The molecule has 0 fully saturated rings. The molecule has 1 nitrogen and oxygen atoms in total. The third kappa shape index (κ3) is 31.0. The first-order chi connectivity index (χ1) is 3.27. The summed E-state index contributed by atoms with van der Waals surface area (Å²) >= 11 is 0. The Bertz CT molecular complexity index is 55.2. The van der Waals surface area contributed by atoms with Gasteiger partial charge in [0.2, 0.25) is 0 Å². The van der Waals surface area contributed by atoms with Gasteiger partial charge in [0, 0.05) is 0 Å². The van der Waals surface area contributed by atoms with E-state index in [2.05, 4.69) is 18.9 Å². The lowest BCUT2D eigenvalue weighted by atomic mass is 10.4. The minimum absolute atomic E-state index is 1.02. The van der Waals surface area contributed by atoms with E-state index in [9.17, 15) is 0 Å². The van der Waals surface area contributed by atoms with Gasteiger partial charge in [-0.1, -0.05) is 24.8 Å². The van der Waals surface area contributed by atoms with Crippen LogP contribution in [0.2, 0.25) is 0 Å². The number of nitrogens with two attached hydrogens (primary N) is 1. The van der Waals surface area contributed by atoms with Crippen molar-refractivity contribution >= 4 is 0 Å². The van der Waals surface area contributed by atoms with Crippen molar-refractivity contribution in [2.24, 2.45) is 5.73 Å². The first kappa shape index (κ1) is 9.67. The Kier molecular flexibility index (Phi) is 12.5. The van der Waals surface area contributed by atoms with Crippen molar-refractivity contribution in [2.75, 3.05) is 7.05 Å². The highest BCUT2D eigenvalue weighted by molar-refractivity contribution is 5.05. The Morgan fingerprint density at radius 2 is 1.71 bits per heavy atom. The summed E-state index contributed by atoms with van der Waals surface area (Å²) in [5.41, 5.74) is 5.52. The fourth-order valence-electron chi connectivity index (χ4n) is 0. The van der Waals surface area contributed by atoms with Crippen LogP contribution >= 0.6 is 0 Å². The first-order valence-electron chi connectivity index (χ1n) is 2.13. The van der Waals surface area contributed by atoms with Crippen LogP contribution in [0.15, 0.2) is 24.8 Å². The van der Waals surface area contributed by atoms with Crippen molar-refractivity contribution < 1.29 is 0 Å². The summed E-state index contributed by atoms with van der Waals surface area (Å²) in [6.07, 6.45) is 1.72. The molecule has 7 heavy (non-hydrogen) atoms. The summed E-state index contributed by atoms with van der Waals surface area (Å²) in [6.45, 7) is 8.93. The molecular formula is C6H13N. The molecule has 0 aliphatic rings. The molecular weight excluding hydrogens is 86.1 g/mol. The summed E-state index contributed by atoms with van der Waals surface area (Å²) in [4.78, 5) is 0. The van der Waals surface area contributed by atoms with Gasteiger partial charge in [-0.15, -0.1) is 0 Å². The van der Waals surface area contributed by atoms with Crippen LogP contribution in [0.3, 0.4) is 0 Å². The van der Waals surface area contributed by atoms with Crippen LogP contribution in [-0.4, -0.2) is 7.05 Å². The minimum Gasteiger partial charge on any atom is -0.333 e. The van der Waals surface area contributed by atoms with Gasteiger partial charge in [0.1, 0.15) is 0 Å². The van der Waals surface area contributed by atoms with Crippen molar-refractivity contribution in [2.45, 2.75) is 6.92 Å². The van der Waals surface area contributed by atoms with Crippen molar-refractivity contribution in [1.82, 2.24) is 0 Å². The monoisotopic (exact) mass is 99.1 g/mol. The lowest BCUT2D eigenvalue weighted by Crippen LogP contribution is -1.69. The van der Waals surface area contributed by atoms with Gasteiger partial charge in [-0.25, -0.2) is 0 Å². The van der Waals surface area contributed by atoms with Gasteiger partial charge in [-0.3, -0.25) is 0 Å². The molecule has 0 saturated carbocycles. The molecule has 0 radical (unpaired) electrons. The lowest BCUT2D eigenvalue weighted by Gasteiger charge is -1.71. The molecule has 0 saturated heterocycles. The zero-order valence-electron chi connectivity index (χ0n) is 5.07. The fourth-order valence-corrected chi connectivity index (χ4v) is 0. The Labute approximate surface area is 45.5 Å². The molecule has 0 aliphatic carbocycles. The molecule has 0 aromatic rings. The fraction of sp³-hybridized carbons (Fsp3) is 0.333. The van der Waals surface area contributed by atoms with Gasteiger partial charge in [0.15, 0.2) is 0 Å². The van der Waals surface area contributed by atoms with Crippen LogP contribution in [0.25, 0.3) is 0 Å². The second kappa shape index (κ2) is 9.06. The Morgan fingerprint density at radius 1 is 1.57 bits per heavy atom. The molecule has 0 aromatic carbocycles.